The molecule has 4 nitrogen and oxygen atoms in total. The molecule has 1 aliphatic carbocycles. The molecule has 76 valence electrons. The van der Waals surface area contributed by atoms with E-state index in [1.807, 2.05) is 0 Å². The minimum atomic E-state index is -2.69. The van der Waals surface area contributed by atoms with Crippen molar-refractivity contribution in [3.63, 3.8) is 0 Å². The van der Waals surface area contributed by atoms with Crippen LogP contribution in [-0.4, -0.2) is 20.6 Å². The Bertz CT molecular complexity index is 371. The summed E-state index contributed by atoms with van der Waals surface area (Å²) in [6, 6.07) is 0. The van der Waals surface area contributed by atoms with Gasteiger partial charge in [0.25, 0.3) is 6.43 Å². The molecule has 0 saturated heterocycles. The van der Waals surface area contributed by atoms with Crippen LogP contribution in [0.25, 0.3) is 0 Å². The topological polar surface area (TPSA) is 55.1 Å². The third-order valence-electron chi connectivity index (χ3n) is 2.47. The quantitative estimate of drug-likeness (QED) is 0.805. The number of carboxylic acid groups (broad SMARTS) is 1. The van der Waals surface area contributed by atoms with Gasteiger partial charge < -0.3 is 9.67 Å². The van der Waals surface area contributed by atoms with Gasteiger partial charge in [-0.05, 0) is 12.8 Å². The number of carbonyl (C=O) groups is 1. The maximum atomic E-state index is 12.4. The van der Waals surface area contributed by atoms with Crippen molar-refractivity contribution in [2.24, 2.45) is 0 Å². The molecule has 0 spiro atoms. The summed E-state index contributed by atoms with van der Waals surface area (Å²) in [5.74, 6) is -1.07. The van der Waals surface area contributed by atoms with Crippen molar-refractivity contribution < 1.29 is 18.7 Å². The summed E-state index contributed by atoms with van der Waals surface area (Å²) in [6.45, 7) is 0. The Kier molecular flexibility index (Phi) is 1.80. The summed E-state index contributed by atoms with van der Waals surface area (Å²) in [4.78, 5) is 14.4. The van der Waals surface area contributed by atoms with E-state index in [0.29, 0.717) is 12.8 Å². The van der Waals surface area contributed by atoms with Gasteiger partial charge in [0.05, 0.1) is 12.5 Å². The Morgan fingerprint density at radius 1 is 1.64 bits per heavy atom. The smallest absolute Gasteiger partial charge is 0.329 e. The van der Waals surface area contributed by atoms with Gasteiger partial charge in [-0.25, -0.2) is 18.6 Å². The second kappa shape index (κ2) is 2.76. The minimum absolute atomic E-state index is 0.329. The number of aromatic nitrogens is 2. The third-order valence-corrected chi connectivity index (χ3v) is 2.47. The molecule has 1 aromatic heterocycles. The molecule has 1 N–H and O–H groups in total. The number of hydrogen-bond donors (Lipinski definition) is 1. The van der Waals surface area contributed by atoms with Gasteiger partial charge in [0.15, 0.2) is 0 Å². The Morgan fingerprint density at radius 3 is 2.71 bits per heavy atom. The van der Waals surface area contributed by atoms with E-state index in [4.69, 9.17) is 5.11 Å². The van der Waals surface area contributed by atoms with E-state index < -0.39 is 17.9 Å². The molecule has 6 heteroatoms. The molecule has 14 heavy (non-hydrogen) atoms. The van der Waals surface area contributed by atoms with Crippen molar-refractivity contribution in [3.05, 3.63) is 18.2 Å². The largest absolute Gasteiger partial charge is 0.479 e. The number of alkyl halides is 2. The molecule has 1 aromatic rings. The summed E-state index contributed by atoms with van der Waals surface area (Å²) in [7, 11) is 0. The molecule has 0 unspecified atom stereocenters. The van der Waals surface area contributed by atoms with Gasteiger partial charge in [0, 0.05) is 0 Å². The Labute approximate surface area is 78.2 Å². The van der Waals surface area contributed by atoms with Crippen LogP contribution in [-0.2, 0) is 10.3 Å². The van der Waals surface area contributed by atoms with Crippen LogP contribution in [0.4, 0.5) is 8.78 Å². The van der Waals surface area contributed by atoms with Crippen LogP contribution in [0, 0.1) is 0 Å². The van der Waals surface area contributed by atoms with Crippen molar-refractivity contribution in [1.82, 2.24) is 9.55 Å². The first-order valence-corrected chi connectivity index (χ1v) is 4.12. The highest BCUT2D eigenvalue weighted by molar-refractivity contribution is 5.80. The van der Waals surface area contributed by atoms with Crippen molar-refractivity contribution in [3.8, 4) is 0 Å². The monoisotopic (exact) mass is 202 g/mol. The number of hydrogen-bond acceptors (Lipinski definition) is 2. The van der Waals surface area contributed by atoms with Crippen LogP contribution in [0.3, 0.4) is 0 Å². The number of imidazole rings is 1. The van der Waals surface area contributed by atoms with Crippen LogP contribution in [0.15, 0.2) is 12.5 Å². The number of halogens is 2. The van der Waals surface area contributed by atoms with Crippen LogP contribution in [0.1, 0.15) is 25.0 Å². The van der Waals surface area contributed by atoms with E-state index in [0.717, 1.165) is 17.1 Å². The molecule has 1 aliphatic rings. The summed E-state index contributed by atoms with van der Waals surface area (Å²) in [5.41, 5.74) is -1.49. The SMILES string of the molecule is O=C(O)C1(n2cncc2C(F)F)CC1. The standard InChI is InChI=1S/C8H8F2N2O2/c9-6(10)5-3-11-4-12(5)8(1-2-8)7(13)14/h3-4,6H,1-2H2,(H,13,14). The fraction of sp³-hybridized carbons (Fsp3) is 0.500. The summed E-state index contributed by atoms with van der Waals surface area (Å²) in [5, 5.41) is 8.89. The van der Waals surface area contributed by atoms with Gasteiger partial charge in [-0.2, -0.15) is 0 Å². The lowest BCUT2D eigenvalue weighted by molar-refractivity contribution is -0.142. The fourth-order valence-electron chi connectivity index (χ4n) is 1.50. The molecule has 0 bridgehead atoms. The molecule has 0 radical (unpaired) electrons. The third kappa shape index (κ3) is 1.10. The molecule has 1 saturated carbocycles. The van der Waals surface area contributed by atoms with E-state index in [1.54, 1.807) is 0 Å². The predicted octanol–water partition coefficient (Wildman–Crippen LogP) is 1.39. The zero-order valence-electron chi connectivity index (χ0n) is 7.15. The zero-order valence-corrected chi connectivity index (χ0v) is 7.15. The van der Waals surface area contributed by atoms with Crippen molar-refractivity contribution in [2.75, 3.05) is 0 Å². The lowest BCUT2D eigenvalue weighted by Crippen LogP contribution is -2.28. The number of nitrogens with zero attached hydrogens (tertiary/aromatic N) is 2. The Morgan fingerprint density at radius 2 is 2.29 bits per heavy atom. The number of rotatable bonds is 3. The zero-order chi connectivity index (χ0) is 10.3. The summed E-state index contributed by atoms with van der Waals surface area (Å²) < 4.78 is 25.9. The van der Waals surface area contributed by atoms with Crippen LogP contribution in [0.2, 0.25) is 0 Å². The first-order chi connectivity index (χ1) is 6.58. The fourth-order valence-corrected chi connectivity index (χ4v) is 1.50. The predicted molar refractivity (Wildman–Crippen MR) is 42.0 cm³/mol. The molecular formula is C8H8F2N2O2. The average molecular weight is 202 g/mol. The Hall–Kier alpha value is -1.46. The van der Waals surface area contributed by atoms with Gasteiger partial charge in [0.2, 0.25) is 0 Å². The van der Waals surface area contributed by atoms with E-state index in [9.17, 15) is 13.6 Å². The molecule has 0 atom stereocenters. The van der Waals surface area contributed by atoms with E-state index in [2.05, 4.69) is 4.98 Å². The van der Waals surface area contributed by atoms with Crippen LogP contribution in [0.5, 0.6) is 0 Å². The minimum Gasteiger partial charge on any atom is -0.479 e. The van der Waals surface area contributed by atoms with Crippen molar-refractivity contribution in [1.29, 1.82) is 0 Å². The van der Waals surface area contributed by atoms with Gasteiger partial charge >= 0.3 is 5.97 Å². The number of aliphatic carboxylic acids is 1. The molecule has 2 rings (SSSR count). The lowest BCUT2D eigenvalue weighted by Gasteiger charge is -2.14. The Balaban J connectivity index is 2.42. The van der Waals surface area contributed by atoms with E-state index in [1.165, 1.54) is 0 Å². The molecule has 0 amide bonds. The van der Waals surface area contributed by atoms with Crippen LogP contribution < -0.4 is 0 Å². The van der Waals surface area contributed by atoms with Gasteiger partial charge in [-0.15, -0.1) is 0 Å². The van der Waals surface area contributed by atoms with E-state index in [-0.39, 0.29) is 5.69 Å². The second-order valence-corrected chi connectivity index (χ2v) is 3.33. The average Bonchev–Trinajstić information content (AvgIpc) is 2.77. The first-order valence-electron chi connectivity index (χ1n) is 4.12. The lowest BCUT2D eigenvalue weighted by atomic mass is 10.2. The first kappa shape index (κ1) is 9.11. The van der Waals surface area contributed by atoms with Crippen LogP contribution >= 0.6 is 0 Å². The normalized spacial score (nSPS) is 18.5. The molecule has 1 fully saturated rings. The van der Waals surface area contributed by atoms with Gasteiger partial charge in [-0.1, -0.05) is 0 Å². The highest BCUT2D eigenvalue weighted by atomic mass is 19.3. The van der Waals surface area contributed by atoms with Crippen molar-refractivity contribution in [2.45, 2.75) is 24.8 Å². The number of carboxylic acids is 1. The van der Waals surface area contributed by atoms with Crippen molar-refractivity contribution >= 4 is 5.97 Å². The summed E-state index contributed by atoms with van der Waals surface area (Å²) in [6.07, 6.45) is 0.252. The molecular weight excluding hydrogens is 194 g/mol. The van der Waals surface area contributed by atoms with Gasteiger partial charge in [0.1, 0.15) is 11.2 Å². The maximum absolute atomic E-state index is 12.4. The maximum Gasteiger partial charge on any atom is 0.329 e. The second-order valence-electron chi connectivity index (χ2n) is 3.33. The summed E-state index contributed by atoms with van der Waals surface area (Å²) >= 11 is 0. The highest BCUT2D eigenvalue weighted by Crippen LogP contribution is 2.45. The van der Waals surface area contributed by atoms with E-state index >= 15 is 0 Å². The molecule has 1 heterocycles. The molecule has 0 aliphatic heterocycles. The molecule has 0 aromatic carbocycles. The van der Waals surface area contributed by atoms with Gasteiger partial charge in [-0.3, -0.25) is 0 Å². The highest BCUT2D eigenvalue weighted by Gasteiger charge is 2.53.